The molecule has 1 heterocycles. The normalized spacial score (nSPS) is 15.1. The molecule has 1 N–H and O–H groups in total. The van der Waals surface area contributed by atoms with E-state index in [0.717, 1.165) is 30.6 Å². The van der Waals surface area contributed by atoms with Crippen molar-refractivity contribution in [3.63, 3.8) is 0 Å². The van der Waals surface area contributed by atoms with Gasteiger partial charge in [-0.2, -0.15) is 4.68 Å². The van der Waals surface area contributed by atoms with Crippen LogP contribution < -0.4 is 5.32 Å². The van der Waals surface area contributed by atoms with Crippen molar-refractivity contribution in [2.75, 3.05) is 5.32 Å². The summed E-state index contributed by atoms with van der Waals surface area (Å²) in [5, 5.41) is 14.0. The first-order valence-electron chi connectivity index (χ1n) is 5.98. The second-order valence-corrected chi connectivity index (χ2v) is 4.39. The molecule has 1 fully saturated rings. The van der Waals surface area contributed by atoms with E-state index < -0.39 is 0 Å². The van der Waals surface area contributed by atoms with Crippen molar-refractivity contribution in [1.29, 1.82) is 0 Å². The molecule has 1 aromatic carbocycles. The van der Waals surface area contributed by atoms with E-state index in [1.165, 1.54) is 11.0 Å². The van der Waals surface area contributed by atoms with Crippen LogP contribution in [0.2, 0.25) is 0 Å². The van der Waals surface area contributed by atoms with Gasteiger partial charge < -0.3 is 5.32 Å². The molecule has 0 aliphatic heterocycles. The monoisotopic (exact) mass is 243 g/mol. The van der Waals surface area contributed by atoms with Gasteiger partial charge in [-0.3, -0.25) is 4.79 Å². The van der Waals surface area contributed by atoms with Crippen LogP contribution in [0, 0.1) is 5.92 Å². The Hall–Kier alpha value is -2.24. The quantitative estimate of drug-likeness (QED) is 0.884. The lowest BCUT2D eigenvalue weighted by atomic mass is 9.85. The minimum absolute atomic E-state index is 0.0850. The number of carbonyl (C=O) groups is 1. The Morgan fingerprint density at radius 2 is 2.17 bits per heavy atom. The summed E-state index contributed by atoms with van der Waals surface area (Å²) >= 11 is 0. The van der Waals surface area contributed by atoms with Crippen molar-refractivity contribution in [3.8, 4) is 5.69 Å². The molecular formula is C12H13N5O. The van der Waals surface area contributed by atoms with Crippen molar-refractivity contribution < 1.29 is 4.79 Å². The van der Waals surface area contributed by atoms with Gasteiger partial charge in [0.2, 0.25) is 5.91 Å². The van der Waals surface area contributed by atoms with Gasteiger partial charge in [0.15, 0.2) is 0 Å². The summed E-state index contributed by atoms with van der Waals surface area (Å²) in [6, 6.07) is 7.49. The summed E-state index contributed by atoms with van der Waals surface area (Å²) in [6.07, 6.45) is 4.62. The fraction of sp³-hybridized carbons (Fsp3) is 0.333. The van der Waals surface area contributed by atoms with Crippen LogP contribution in [0.3, 0.4) is 0 Å². The average Bonchev–Trinajstić information content (AvgIpc) is 2.80. The Morgan fingerprint density at radius 3 is 2.83 bits per heavy atom. The first-order chi connectivity index (χ1) is 8.84. The first-order valence-corrected chi connectivity index (χ1v) is 5.98. The summed E-state index contributed by atoms with van der Waals surface area (Å²) in [5.41, 5.74) is 1.51. The van der Waals surface area contributed by atoms with E-state index in [-0.39, 0.29) is 11.8 Å². The molecular weight excluding hydrogens is 230 g/mol. The van der Waals surface area contributed by atoms with E-state index in [1.807, 2.05) is 24.3 Å². The lowest BCUT2D eigenvalue weighted by molar-refractivity contribution is -0.122. The van der Waals surface area contributed by atoms with Gasteiger partial charge in [0.25, 0.3) is 0 Å². The Labute approximate surface area is 104 Å². The topological polar surface area (TPSA) is 72.7 Å². The highest BCUT2D eigenvalue weighted by Crippen LogP contribution is 2.28. The second kappa shape index (κ2) is 4.56. The molecule has 0 saturated heterocycles. The van der Waals surface area contributed by atoms with Crippen LogP contribution in [0.15, 0.2) is 30.6 Å². The van der Waals surface area contributed by atoms with Crippen LogP contribution in [0.25, 0.3) is 5.69 Å². The molecule has 6 heteroatoms. The maximum absolute atomic E-state index is 11.9. The van der Waals surface area contributed by atoms with Crippen LogP contribution in [0.4, 0.5) is 5.69 Å². The zero-order valence-electron chi connectivity index (χ0n) is 9.78. The summed E-state index contributed by atoms with van der Waals surface area (Å²) in [7, 11) is 0. The molecule has 0 bridgehead atoms. The smallest absolute Gasteiger partial charge is 0.227 e. The number of hydrogen-bond acceptors (Lipinski definition) is 4. The minimum Gasteiger partial charge on any atom is -0.324 e. The molecule has 18 heavy (non-hydrogen) atoms. The lowest BCUT2D eigenvalue weighted by Gasteiger charge is -2.24. The van der Waals surface area contributed by atoms with Gasteiger partial charge in [-0.05, 0) is 35.4 Å². The van der Waals surface area contributed by atoms with Crippen molar-refractivity contribution in [3.05, 3.63) is 30.6 Å². The summed E-state index contributed by atoms with van der Waals surface area (Å²) in [6.45, 7) is 0. The Balaban J connectivity index is 1.85. The molecule has 6 nitrogen and oxygen atoms in total. The Morgan fingerprint density at radius 1 is 1.33 bits per heavy atom. The molecule has 92 valence electrons. The number of hydrogen-bond donors (Lipinski definition) is 1. The number of para-hydroxylation sites is 2. The van der Waals surface area contributed by atoms with Crippen LogP contribution in [-0.2, 0) is 4.79 Å². The number of aromatic nitrogens is 4. The van der Waals surface area contributed by atoms with Gasteiger partial charge in [0.05, 0.1) is 11.4 Å². The molecule has 1 aromatic heterocycles. The lowest BCUT2D eigenvalue weighted by Crippen LogP contribution is -2.28. The number of tetrazole rings is 1. The fourth-order valence-electron chi connectivity index (χ4n) is 1.96. The van der Waals surface area contributed by atoms with Crippen LogP contribution in [0.5, 0.6) is 0 Å². The van der Waals surface area contributed by atoms with E-state index in [2.05, 4.69) is 20.8 Å². The van der Waals surface area contributed by atoms with Gasteiger partial charge >= 0.3 is 0 Å². The van der Waals surface area contributed by atoms with E-state index in [0.29, 0.717) is 0 Å². The zero-order valence-corrected chi connectivity index (χ0v) is 9.78. The molecule has 1 aliphatic carbocycles. The number of rotatable bonds is 3. The molecule has 0 unspecified atom stereocenters. The number of nitrogens with zero attached hydrogens (tertiary/aromatic N) is 4. The summed E-state index contributed by atoms with van der Waals surface area (Å²) in [4.78, 5) is 11.9. The highest BCUT2D eigenvalue weighted by Gasteiger charge is 2.25. The minimum atomic E-state index is 0.0850. The molecule has 2 aromatic rings. The third kappa shape index (κ3) is 1.97. The summed E-state index contributed by atoms with van der Waals surface area (Å²) in [5.74, 6) is 0.244. The van der Waals surface area contributed by atoms with E-state index in [1.54, 1.807) is 0 Å². The maximum Gasteiger partial charge on any atom is 0.227 e. The third-order valence-electron chi connectivity index (χ3n) is 3.23. The molecule has 3 rings (SSSR count). The number of carbonyl (C=O) groups excluding carboxylic acids is 1. The Kier molecular flexibility index (Phi) is 2.76. The van der Waals surface area contributed by atoms with E-state index in [9.17, 15) is 4.79 Å². The highest BCUT2D eigenvalue weighted by molar-refractivity contribution is 5.94. The predicted molar refractivity (Wildman–Crippen MR) is 65.1 cm³/mol. The molecule has 1 saturated carbocycles. The molecule has 0 spiro atoms. The van der Waals surface area contributed by atoms with Gasteiger partial charge in [-0.1, -0.05) is 18.6 Å². The van der Waals surface area contributed by atoms with Crippen LogP contribution in [-0.4, -0.2) is 26.1 Å². The fourth-order valence-corrected chi connectivity index (χ4v) is 1.96. The zero-order chi connectivity index (χ0) is 12.4. The predicted octanol–water partition coefficient (Wildman–Crippen LogP) is 1.40. The van der Waals surface area contributed by atoms with Gasteiger partial charge in [0, 0.05) is 5.92 Å². The third-order valence-corrected chi connectivity index (χ3v) is 3.23. The number of nitrogens with one attached hydrogen (secondary N) is 1. The maximum atomic E-state index is 11.9. The van der Waals surface area contributed by atoms with E-state index >= 15 is 0 Å². The number of anilines is 1. The molecule has 1 aliphatic rings. The first kappa shape index (κ1) is 10.9. The van der Waals surface area contributed by atoms with Gasteiger partial charge in [0.1, 0.15) is 6.33 Å². The number of amides is 1. The van der Waals surface area contributed by atoms with Crippen LogP contribution >= 0.6 is 0 Å². The number of benzene rings is 1. The molecule has 0 radical (unpaired) electrons. The van der Waals surface area contributed by atoms with E-state index in [4.69, 9.17) is 0 Å². The summed E-state index contributed by atoms with van der Waals surface area (Å²) < 4.78 is 1.54. The largest absolute Gasteiger partial charge is 0.324 e. The average molecular weight is 243 g/mol. The van der Waals surface area contributed by atoms with Gasteiger partial charge in [-0.15, -0.1) is 5.10 Å². The Bertz CT molecular complexity index is 547. The standard InChI is InChI=1S/C12H13N5O/c18-12(9-4-3-5-9)14-10-6-1-2-7-11(10)17-8-13-15-16-17/h1-2,6-9H,3-5H2,(H,14,18). The van der Waals surface area contributed by atoms with Crippen LogP contribution in [0.1, 0.15) is 19.3 Å². The van der Waals surface area contributed by atoms with Crippen molar-refractivity contribution in [2.45, 2.75) is 19.3 Å². The van der Waals surface area contributed by atoms with Crippen molar-refractivity contribution in [1.82, 2.24) is 20.2 Å². The van der Waals surface area contributed by atoms with Gasteiger partial charge in [-0.25, -0.2) is 0 Å². The van der Waals surface area contributed by atoms with Crippen molar-refractivity contribution in [2.24, 2.45) is 5.92 Å². The SMILES string of the molecule is O=C(Nc1ccccc1-n1cnnn1)C1CCC1. The van der Waals surface area contributed by atoms with Crippen molar-refractivity contribution >= 4 is 11.6 Å². The molecule has 0 atom stereocenters. The highest BCUT2D eigenvalue weighted by atomic mass is 16.1. The molecule has 1 amide bonds. The second-order valence-electron chi connectivity index (χ2n) is 4.39.